The van der Waals surface area contributed by atoms with Crippen LogP contribution in [0, 0.1) is 0 Å². The van der Waals surface area contributed by atoms with Crippen LogP contribution >= 0.6 is 0 Å². The van der Waals surface area contributed by atoms with Gasteiger partial charge in [-0.15, -0.1) is 5.10 Å². The van der Waals surface area contributed by atoms with E-state index in [1.54, 1.807) is 31.1 Å². The molecule has 0 aliphatic carbocycles. The maximum atomic E-state index is 12.2. The van der Waals surface area contributed by atoms with Crippen molar-refractivity contribution < 1.29 is 9.53 Å². The SMILES string of the molecule is COc1ccccc1-c1nc2n(n1)C(c1ccncc1)C(C(N)=O)=C(C)N2. The lowest BCUT2D eigenvalue weighted by atomic mass is 9.96. The second kappa shape index (κ2) is 6.56. The van der Waals surface area contributed by atoms with Gasteiger partial charge in [-0.3, -0.25) is 9.78 Å². The quantitative estimate of drug-likeness (QED) is 0.736. The Morgan fingerprint density at radius 3 is 2.67 bits per heavy atom. The summed E-state index contributed by atoms with van der Waals surface area (Å²) in [6.07, 6.45) is 3.34. The summed E-state index contributed by atoms with van der Waals surface area (Å²) in [7, 11) is 1.60. The average molecular weight is 362 g/mol. The third-order valence-electron chi connectivity index (χ3n) is 4.49. The van der Waals surface area contributed by atoms with Crippen molar-refractivity contribution in [3.05, 3.63) is 65.6 Å². The van der Waals surface area contributed by atoms with Crippen molar-refractivity contribution in [2.45, 2.75) is 13.0 Å². The maximum absolute atomic E-state index is 12.2. The lowest BCUT2D eigenvalue weighted by Gasteiger charge is -2.27. The molecule has 0 saturated heterocycles. The molecule has 0 radical (unpaired) electrons. The van der Waals surface area contributed by atoms with Gasteiger partial charge in [0.2, 0.25) is 11.9 Å². The Balaban J connectivity index is 1.90. The lowest BCUT2D eigenvalue weighted by Crippen LogP contribution is -2.31. The number of primary amides is 1. The molecule has 0 bridgehead atoms. The molecular weight excluding hydrogens is 344 g/mol. The van der Waals surface area contributed by atoms with Gasteiger partial charge in [0.15, 0.2) is 5.82 Å². The smallest absolute Gasteiger partial charge is 0.248 e. The third kappa shape index (κ3) is 2.80. The van der Waals surface area contributed by atoms with Gasteiger partial charge in [-0.05, 0) is 36.8 Å². The van der Waals surface area contributed by atoms with Crippen LogP contribution in [-0.4, -0.2) is 32.8 Å². The number of nitrogens with one attached hydrogen (secondary N) is 1. The first kappa shape index (κ1) is 16.8. The van der Waals surface area contributed by atoms with E-state index in [1.807, 2.05) is 36.4 Å². The van der Waals surface area contributed by atoms with E-state index in [0.29, 0.717) is 28.8 Å². The fourth-order valence-corrected chi connectivity index (χ4v) is 3.27. The number of pyridine rings is 1. The van der Waals surface area contributed by atoms with Crippen LogP contribution in [0.3, 0.4) is 0 Å². The van der Waals surface area contributed by atoms with Crippen molar-refractivity contribution in [3.63, 3.8) is 0 Å². The summed E-state index contributed by atoms with van der Waals surface area (Å²) in [5.74, 6) is 1.18. The molecule has 8 heteroatoms. The van der Waals surface area contributed by atoms with Gasteiger partial charge >= 0.3 is 0 Å². The van der Waals surface area contributed by atoms with Crippen LogP contribution in [0.4, 0.5) is 5.95 Å². The number of nitrogens with zero attached hydrogens (tertiary/aromatic N) is 4. The van der Waals surface area contributed by atoms with Crippen LogP contribution < -0.4 is 15.8 Å². The number of aromatic nitrogens is 4. The van der Waals surface area contributed by atoms with Gasteiger partial charge in [0.1, 0.15) is 11.8 Å². The highest BCUT2D eigenvalue weighted by Crippen LogP contribution is 2.37. The predicted molar refractivity (Wildman–Crippen MR) is 99.9 cm³/mol. The highest BCUT2D eigenvalue weighted by atomic mass is 16.5. The summed E-state index contributed by atoms with van der Waals surface area (Å²) in [4.78, 5) is 20.8. The van der Waals surface area contributed by atoms with Gasteiger partial charge in [0, 0.05) is 18.1 Å². The van der Waals surface area contributed by atoms with E-state index in [4.69, 9.17) is 10.5 Å². The van der Waals surface area contributed by atoms with Gasteiger partial charge in [0.25, 0.3) is 0 Å². The van der Waals surface area contributed by atoms with Crippen molar-refractivity contribution in [1.29, 1.82) is 0 Å². The topological polar surface area (TPSA) is 108 Å². The predicted octanol–water partition coefficient (Wildman–Crippen LogP) is 2.12. The van der Waals surface area contributed by atoms with Crippen molar-refractivity contribution in [3.8, 4) is 17.1 Å². The zero-order valence-electron chi connectivity index (χ0n) is 14.9. The van der Waals surface area contributed by atoms with E-state index in [2.05, 4.69) is 20.4 Å². The Hall–Kier alpha value is -3.68. The Bertz CT molecular complexity index is 1040. The van der Waals surface area contributed by atoms with Crippen molar-refractivity contribution in [2.75, 3.05) is 12.4 Å². The monoisotopic (exact) mass is 362 g/mol. The van der Waals surface area contributed by atoms with E-state index < -0.39 is 11.9 Å². The number of carbonyl (C=O) groups excluding carboxylic acids is 1. The zero-order chi connectivity index (χ0) is 19.0. The number of methoxy groups -OCH3 is 1. The van der Waals surface area contributed by atoms with Crippen molar-refractivity contribution in [1.82, 2.24) is 19.7 Å². The minimum absolute atomic E-state index is 0.435. The van der Waals surface area contributed by atoms with Crippen molar-refractivity contribution >= 4 is 11.9 Å². The zero-order valence-corrected chi connectivity index (χ0v) is 14.9. The summed E-state index contributed by atoms with van der Waals surface area (Å²) in [5, 5.41) is 7.79. The molecule has 2 aromatic heterocycles. The summed E-state index contributed by atoms with van der Waals surface area (Å²) in [6, 6.07) is 10.7. The summed E-state index contributed by atoms with van der Waals surface area (Å²) < 4.78 is 7.09. The Morgan fingerprint density at radius 1 is 1.22 bits per heavy atom. The highest BCUT2D eigenvalue weighted by molar-refractivity contribution is 5.95. The molecule has 4 rings (SSSR count). The molecule has 1 aromatic carbocycles. The first-order valence-electron chi connectivity index (χ1n) is 8.37. The second-order valence-electron chi connectivity index (χ2n) is 6.11. The number of para-hydroxylation sites is 1. The summed E-state index contributed by atoms with van der Waals surface area (Å²) in [5.41, 5.74) is 8.36. The third-order valence-corrected chi connectivity index (χ3v) is 4.49. The molecule has 1 unspecified atom stereocenters. The largest absolute Gasteiger partial charge is 0.496 e. The number of amides is 1. The molecule has 1 aliphatic rings. The molecule has 0 saturated carbocycles. The minimum atomic E-state index is -0.512. The highest BCUT2D eigenvalue weighted by Gasteiger charge is 2.33. The molecule has 1 atom stereocenters. The second-order valence-corrected chi connectivity index (χ2v) is 6.11. The van der Waals surface area contributed by atoms with E-state index in [1.165, 1.54) is 0 Å². The minimum Gasteiger partial charge on any atom is -0.496 e. The van der Waals surface area contributed by atoms with E-state index in [0.717, 1.165) is 11.1 Å². The number of anilines is 1. The molecule has 0 fully saturated rings. The molecular formula is C19H18N6O2. The normalized spacial score (nSPS) is 15.9. The Morgan fingerprint density at radius 2 is 1.96 bits per heavy atom. The average Bonchev–Trinajstić information content (AvgIpc) is 3.10. The number of allylic oxidation sites excluding steroid dienone is 1. The number of benzene rings is 1. The molecule has 136 valence electrons. The standard InChI is InChI=1S/C19H18N6O2/c1-11-15(17(20)26)16(12-7-9-21-10-8-12)25-19(22-11)23-18(24-25)13-5-3-4-6-14(13)27-2/h3-10,16H,1-2H3,(H2,20,26)(H,22,23,24). The Kier molecular flexibility index (Phi) is 4.08. The first-order valence-corrected chi connectivity index (χ1v) is 8.37. The number of carbonyl (C=O) groups is 1. The molecule has 27 heavy (non-hydrogen) atoms. The maximum Gasteiger partial charge on any atom is 0.248 e. The molecule has 3 heterocycles. The van der Waals surface area contributed by atoms with Crippen LogP contribution in [0.5, 0.6) is 5.75 Å². The molecule has 3 N–H and O–H groups in total. The number of hydrogen-bond acceptors (Lipinski definition) is 6. The number of fused-ring (bicyclic) bond motifs is 1. The van der Waals surface area contributed by atoms with Gasteiger partial charge < -0.3 is 15.8 Å². The van der Waals surface area contributed by atoms with Crippen LogP contribution in [0.1, 0.15) is 18.5 Å². The number of ether oxygens (including phenoxy) is 1. The molecule has 8 nitrogen and oxygen atoms in total. The van der Waals surface area contributed by atoms with Gasteiger partial charge in [-0.1, -0.05) is 12.1 Å². The van der Waals surface area contributed by atoms with Crippen LogP contribution in [-0.2, 0) is 4.79 Å². The Labute approximate surface area is 155 Å². The first-order chi connectivity index (χ1) is 13.1. The number of nitrogens with two attached hydrogens (primary N) is 1. The van der Waals surface area contributed by atoms with E-state index in [-0.39, 0.29) is 0 Å². The van der Waals surface area contributed by atoms with Crippen LogP contribution in [0.2, 0.25) is 0 Å². The molecule has 1 amide bonds. The lowest BCUT2D eigenvalue weighted by molar-refractivity contribution is -0.115. The molecule has 3 aromatic rings. The fraction of sp³-hybridized carbons (Fsp3) is 0.158. The van der Waals surface area contributed by atoms with Crippen LogP contribution in [0.25, 0.3) is 11.4 Å². The number of hydrogen-bond donors (Lipinski definition) is 2. The molecule has 0 spiro atoms. The number of rotatable bonds is 4. The summed E-state index contributed by atoms with van der Waals surface area (Å²) >= 11 is 0. The van der Waals surface area contributed by atoms with Gasteiger partial charge in [-0.25, -0.2) is 4.68 Å². The van der Waals surface area contributed by atoms with Crippen LogP contribution in [0.15, 0.2) is 60.1 Å². The van der Waals surface area contributed by atoms with E-state index >= 15 is 0 Å². The van der Waals surface area contributed by atoms with E-state index in [9.17, 15) is 4.79 Å². The summed E-state index contributed by atoms with van der Waals surface area (Å²) in [6.45, 7) is 1.80. The van der Waals surface area contributed by atoms with Gasteiger partial charge in [0.05, 0.1) is 18.2 Å². The van der Waals surface area contributed by atoms with Gasteiger partial charge in [-0.2, -0.15) is 4.98 Å². The fourth-order valence-electron chi connectivity index (χ4n) is 3.27. The molecule has 1 aliphatic heterocycles. The van der Waals surface area contributed by atoms with Crippen molar-refractivity contribution in [2.24, 2.45) is 5.73 Å².